The zero-order valence-corrected chi connectivity index (χ0v) is 26.0. The van der Waals surface area contributed by atoms with Crippen LogP contribution in [0.3, 0.4) is 0 Å². The molecule has 3 aromatic carbocycles. The Morgan fingerprint density at radius 1 is 0.978 bits per heavy atom. The summed E-state index contributed by atoms with van der Waals surface area (Å²) in [4.78, 5) is 33.1. The Balaban J connectivity index is 1.19. The number of carbonyl (C=O) groups is 2. The van der Waals surface area contributed by atoms with Gasteiger partial charge in [0.2, 0.25) is 5.91 Å². The number of anilines is 2. The third kappa shape index (κ3) is 6.00. The van der Waals surface area contributed by atoms with Crippen LogP contribution in [0.15, 0.2) is 54.6 Å². The minimum atomic E-state index is -1.02. The minimum Gasteiger partial charge on any atom is -0.489 e. The van der Waals surface area contributed by atoms with Crippen LogP contribution in [0.2, 0.25) is 0 Å². The molecule has 3 aliphatic rings. The number of fused-ring (bicyclic) bond motifs is 1. The van der Waals surface area contributed by atoms with Gasteiger partial charge >= 0.3 is 5.97 Å². The van der Waals surface area contributed by atoms with Crippen LogP contribution in [0.5, 0.6) is 5.75 Å². The van der Waals surface area contributed by atoms with Gasteiger partial charge in [-0.2, -0.15) is 11.8 Å². The lowest BCUT2D eigenvalue weighted by Gasteiger charge is -2.31. The van der Waals surface area contributed by atoms with Crippen molar-refractivity contribution in [3.05, 3.63) is 71.5 Å². The van der Waals surface area contributed by atoms with Crippen molar-refractivity contribution < 1.29 is 23.8 Å². The highest BCUT2D eigenvalue weighted by Crippen LogP contribution is 2.38. The zero-order chi connectivity index (χ0) is 30.9. The van der Waals surface area contributed by atoms with E-state index in [9.17, 15) is 14.7 Å². The Morgan fingerprint density at radius 2 is 1.80 bits per heavy atom. The second-order valence-electron chi connectivity index (χ2n) is 12.1. The van der Waals surface area contributed by atoms with E-state index in [0.29, 0.717) is 29.1 Å². The van der Waals surface area contributed by atoms with E-state index in [-0.39, 0.29) is 24.1 Å². The van der Waals surface area contributed by atoms with Gasteiger partial charge in [0.05, 0.1) is 22.2 Å². The van der Waals surface area contributed by atoms with Gasteiger partial charge in [-0.05, 0) is 67.8 Å². The third-order valence-corrected chi connectivity index (χ3v) is 10.2. The minimum absolute atomic E-state index is 0.139. The number of nitrogens with zero attached hydrogens (tertiary/aromatic N) is 4. The van der Waals surface area contributed by atoms with E-state index in [1.54, 1.807) is 30.3 Å². The van der Waals surface area contributed by atoms with Gasteiger partial charge in [0.1, 0.15) is 24.0 Å². The highest BCUT2D eigenvalue weighted by Gasteiger charge is 2.26. The fourth-order valence-electron chi connectivity index (χ4n) is 6.95. The summed E-state index contributed by atoms with van der Waals surface area (Å²) in [5.41, 5.74) is 4.83. The van der Waals surface area contributed by atoms with Gasteiger partial charge in [0.15, 0.2) is 0 Å². The molecule has 3 fully saturated rings. The number of aromatic carboxylic acids is 1. The van der Waals surface area contributed by atoms with Crippen molar-refractivity contribution in [3.63, 3.8) is 0 Å². The average Bonchev–Trinajstić information content (AvgIpc) is 3.67. The molecule has 1 saturated carbocycles. The van der Waals surface area contributed by atoms with Gasteiger partial charge in [0.25, 0.3) is 0 Å². The third-order valence-electron chi connectivity index (χ3n) is 9.25. The number of benzene rings is 3. The van der Waals surface area contributed by atoms with Crippen LogP contribution in [0.4, 0.5) is 15.8 Å². The van der Waals surface area contributed by atoms with E-state index in [1.807, 2.05) is 28.8 Å². The zero-order valence-electron chi connectivity index (χ0n) is 25.2. The second kappa shape index (κ2) is 12.7. The van der Waals surface area contributed by atoms with Gasteiger partial charge in [-0.3, -0.25) is 4.79 Å². The van der Waals surface area contributed by atoms with E-state index in [1.165, 1.54) is 12.5 Å². The van der Waals surface area contributed by atoms with Crippen molar-refractivity contribution >= 4 is 46.0 Å². The molecule has 4 aromatic rings. The maximum atomic E-state index is 15.9. The van der Waals surface area contributed by atoms with E-state index in [2.05, 4.69) is 15.5 Å². The number of ether oxygens (including phenoxy) is 1. The molecule has 0 atom stereocenters. The fourth-order valence-corrected chi connectivity index (χ4v) is 7.85. The number of aromatic nitrogens is 2. The summed E-state index contributed by atoms with van der Waals surface area (Å²) in [5, 5.41) is 9.54. The summed E-state index contributed by atoms with van der Waals surface area (Å²) in [7, 11) is 0. The second-order valence-corrected chi connectivity index (χ2v) is 13.3. The van der Waals surface area contributed by atoms with Gasteiger partial charge < -0.3 is 24.2 Å². The lowest BCUT2D eigenvalue weighted by molar-refractivity contribution is -0.117. The molecule has 3 heterocycles. The first-order valence-electron chi connectivity index (χ1n) is 15.9. The van der Waals surface area contributed by atoms with Crippen LogP contribution in [0.1, 0.15) is 66.9 Å². The standard InChI is InChI=1S/C35H37FN4O4S/c36-29-21-27(44-22-24-19-26(39-14-4-7-33(39)41)9-13-31(24)38-15-17-45-18-16-38)10-11-28(29)34-37-30-20-23(35(42)43)8-12-32(30)40(34)25-5-2-1-3-6-25/h8-13,19-21,25H,1-7,14-18,22H2,(H,42,43). The molecule has 10 heteroatoms. The highest BCUT2D eigenvalue weighted by molar-refractivity contribution is 7.99. The summed E-state index contributed by atoms with van der Waals surface area (Å²) >= 11 is 1.95. The predicted octanol–water partition coefficient (Wildman–Crippen LogP) is 7.30. The largest absolute Gasteiger partial charge is 0.489 e. The molecule has 45 heavy (non-hydrogen) atoms. The van der Waals surface area contributed by atoms with Crippen LogP contribution < -0.4 is 14.5 Å². The van der Waals surface area contributed by atoms with Crippen LogP contribution in [0.25, 0.3) is 22.4 Å². The van der Waals surface area contributed by atoms with Gasteiger partial charge in [-0.1, -0.05) is 19.3 Å². The normalized spacial score (nSPS) is 17.8. The Morgan fingerprint density at radius 3 is 2.53 bits per heavy atom. The van der Waals surface area contributed by atoms with Crippen molar-refractivity contribution in [2.75, 3.05) is 40.9 Å². The highest BCUT2D eigenvalue weighted by atomic mass is 32.2. The van der Waals surface area contributed by atoms with Crippen molar-refractivity contribution in [3.8, 4) is 17.1 Å². The number of carbonyl (C=O) groups excluding carboxylic acids is 1. The van der Waals surface area contributed by atoms with Gasteiger partial charge in [-0.25, -0.2) is 14.2 Å². The Hall–Kier alpha value is -4.05. The first-order chi connectivity index (χ1) is 22.0. The van der Waals surface area contributed by atoms with E-state index >= 15 is 4.39 Å². The van der Waals surface area contributed by atoms with Gasteiger partial charge in [-0.15, -0.1) is 0 Å². The quantitative estimate of drug-likeness (QED) is 0.219. The topological polar surface area (TPSA) is 87.9 Å². The molecule has 1 N–H and O–H groups in total. The Labute approximate surface area is 266 Å². The number of rotatable bonds is 8. The maximum Gasteiger partial charge on any atom is 0.335 e. The number of thioether (sulfide) groups is 1. The molecule has 1 aromatic heterocycles. The van der Waals surface area contributed by atoms with Crippen molar-refractivity contribution in [1.82, 2.24) is 9.55 Å². The smallest absolute Gasteiger partial charge is 0.335 e. The molecule has 8 nitrogen and oxygen atoms in total. The van der Waals surface area contributed by atoms with E-state index in [0.717, 1.165) is 85.7 Å². The Bertz CT molecular complexity index is 1750. The summed E-state index contributed by atoms with van der Waals surface area (Å²) in [6.45, 7) is 2.85. The predicted molar refractivity (Wildman–Crippen MR) is 176 cm³/mol. The Kier molecular flexibility index (Phi) is 8.40. The molecule has 1 aliphatic carbocycles. The summed E-state index contributed by atoms with van der Waals surface area (Å²) in [6, 6.07) is 16.2. The molecule has 0 spiro atoms. The van der Waals surface area contributed by atoms with Crippen molar-refractivity contribution in [2.45, 2.75) is 57.6 Å². The number of amides is 1. The molecular weight excluding hydrogens is 591 g/mol. The van der Waals surface area contributed by atoms with Crippen LogP contribution in [-0.4, -0.2) is 57.7 Å². The molecule has 0 bridgehead atoms. The molecule has 0 radical (unpaired) electrons. The van der Waals surface area contributed by atoms with Gasteiger partial charge in [0, 0.05) is 66.6 Å². The van der Waals surface area contributed by atoms with Crippen molar-refractivity contribution in [2.24, 2.45) is 0 Å². The molecular formula is C35H37FN4O4S. The van der Waals surface area contributed by atoms with Crippen LogP contribution >= 0.6 is 11.8 Å². The number of hydrogen-bond donors (Lipinski definition) is 1. The summed E-state index contributed by atoms with van der Waals surface area (Å²) < 4.78 is 24.3. The monoisotopic (exact) mass is 628 g/mol. The fraction of sp³-hybridized carbons (Fsp3) is 0.400. The lowest BCUT2D eigenvalue weighted by Crippen LogP contribution is -2.33. The van der Waals surface area contributed by atoms with E-state index in [4.69, 9.17) is 9.72 Å². The number of hydrogen-bond acceptors (Lipinski definition) is 6. The van der Waals surface area contributed by atoms with Crippen molar-refractivity contribution in [1.29, 1.82) is 0 Å². The number of imidazole rings is 1. The summed E-state index contributed by atoms with van der Waals surface area (Å²) in [6.07, 6.45) is 6.74. The first kappa shape index (κ1) is 29.6. The average molecular weight is 629 g/mol. The molecule has 2 aliphatic heterocycles. The number of halogens is 1. The van der Waals surface area contributed by atoms with Crippen LogP contribution in [0, 0.1) is 5.82 Å². The first-order valence-corrected chi connectivity index (χ1v) is 17.1. The molecule has 0 unspecified atom stereocenters. The maximum absolute atomic E-state index is 15.9. The molecule has 7 rings (SSSR count). The lowest BCUT2D eigenvalue weighted by atomic mass is 9.94. The number of carboxylic acid groups (broad SMARTS) is 1. The SMILES string of the molecule is O=C(O)c1ccc2c(c1)nc(-c1ccc(OCc3cc(N4CCCC4=O)ccc3N3CCSCC3)cc1F)n2C1CCCCC1. The van der Waals surface area contributed by atoms with Crippen LogP contribution in [-0.2, 0) is 11.4 Å². The van der Waals surface area contributed by atoms with E-state index < -0.39 is 11.8 Å². The molecule has 234 valence electrons. The molecule has 1 amide bonds. The molecule has 2 saturated heterocycles. The number of carboxylic acids is 1. The summed E-state index contributed by atoms with van der Waals surface area (Å²) in [5.74, 6) is 1.72.